The van der Waals surface area contributed by atoms with Gasteiger partial charge in [-0.05, 0) is 37.6 Å². The van der Waals surface area contributed by atoms with Gasteiger partial charge in [0.1, 0.15) is 5.82 Å². The largest absolute Gasteiger partial charge is 0.355 e. The summed E-state index contributed by atoms with van der Waals surface area (Å²) in [5, 5.41) is 4.15. The lowest BCUT2D eigenvalue weighted by Crippen LogP contribution is -2.38. The molecule has 1 aromatic rings. The third-order valence-corrected chi connectivity index (χ3v) is 4.87. The maximum atomic E-state index is 4.72. The molecule has 3 nitrogen and oxygen atoms in total. The van der Waals surface area contributed by atoms with E-state index in [1.165, 1.54) is 17.7 Å². The van der Waals surface area contributed by atoms with Gasteiger partial charge in [-0.1, -0.05) is 13.8 Å². The molecule has 0 spiro atoms. The lowest BCUT2D eigenvalue weighted by atomic mass is 10.2. The van der Waals surface area contributed by atoms with Gasteiger partial charge in [-0.2, -0.15) is 11.8 Å². The van der Waals surface area contributed by atoms with E-state index in [0.717, 1.165) is 42.9 Å². The van der Waals surface area contributed by atoms with Crippen LogP contribution in [0.1, 0.15) is 31.5 Å². The smallest absolute Gasteiger partial charge is 0.129 e. The van der Waals surface area contributed by atoms with Crippen LogP contribution in [0.2, 0.25) is 0 Å². The van der Waals surface area contributed by atoms with E-state index in [9.17, 15) is 0 Å². The predicted molar refractivity (Wildman–Crippen MR) is 85.1 cm³/mol. The average Bonchev–Trinajstić information content (AvgIpc) is 2.44. The van der Waals surface area contributed by atoms with Crippen molar-refractivity contribution in [2.75, 3.05) is 30.3 Å². The Bertz CT molecular complexity index is 408. The fraction of sp³-hybridized carbons (Fsp3) is 0.667. The summed E-state index contributed by atoms with van der Waals surface area (Å²) in [5.41, 5.74) is 2.47. The molecule has 1 aliphatic rings. The molecule has 0 aliphatic carbocycles. The zero-order chi connectivity index (χ0) is 13.7. The van der Waals surface area contributed by atoms with E-state index in [1.54, 1.807) is 0 Å². The first-order valence-corrected chi connectivity index (χ1v) is 8.32. The number of rotatable bonds is 5. The number of anilines is 1. The van der Waals surface area contributed by atoms with Crippen LogP contribution in [-0.4, -0.2) is 35.6 Å². The molecule has 2 heterocycles. The second-order valence-electron chi connectivity index (χ2n) is 5.10. The molecule has 19 heavy (non-hydrogen) atoms. The molecule has 0 amide bonds. The van der Waals surface area contributed by atoms with Crippen LogP contribution in [0.5, 0.6) is 0 Å². The summed E-state index contributed by atoms with van der Waals surface area (Å²) in [6.07, 6.45) is 1.25. The average molecular weight is 279 g/mol. The van der Waals surface area contributed by atoms with Crippen LogP contribution in [-0.2, 0) is 6.54 Å². The maximum Gasteiger partial charge on any atom is 0.129 e. The number of thioether (sulfide) groups is 1. The molecular formula is C15H25N3S. The first kappa shape index (κ1) is 14.7. The van der Waals surface area contributed by atoms with Crippen molar-refractivity contribution in [2.45, 2.75) is 39.0 Å². The molecule has 1 saturated heterocycles. The Morgan fingerprint density at radius 2 is 2.26 bits per heavy atom. The molecule has 1 atom stereocenters. The summed E-state index contributed by atoms with van der Waals surface area (Å²) in [4.78, 5) is 7.17. The Morgan fingerprint density at radius 1 is 1.42 bits per heavy atom. The quantitative estimate of drug-likeness (QED) is 0.897. The van der Waals surface area contributed by atoms with E-state index >= 15 is 0 Å². The Labute approximate surface area is 121 Å². The highest BCUT2D eigenvalue weighted by atomic mass is 32.2. The van der Waals surface area contributed by atoms with E-state index in [0.29, 0.717) is 0 Å². The Kier molecular flexibility index (Phi) is 5.52. The molecule has 2 rings (SSSR count). The number of hydrogen-bond donors (Lipinski definition) is 1. The van der Waals surface area contributed by atoms with Crippen molar-refractivity contribution in [2.24, 2.45) is 0 Å². The highest BCUT2D eigenvalue weighted by molar-refractivity contribution is 8.00. The number of aromatic nitrogens is 1. The molecule has 1 aliphatic heterocycles. The zero-order valence-corrected chi connectivity index (χ0v) is 13.1. The van der Waals surface area contributed by atoms with Gasteiger partial charge < -0.3 is 10.2 Å². The van der Waals surface area contributed by atoms with E-state index < -0.39 is 0 Å². The molecule has 0 aromatic carbocycles. The van der Waals surface area contributed by atoms with Gasteiger partial charge in [0.05, 0.1) is 0 Å². The first-order valence-electron chi connectivity index (χ1n) is 7.27. The monoisotopic (exact) mass is 279 g/mol. The number of aryl methyl sites for hydroxylation is 1. The van der Waals surface area contributed by atoms with Gasteiger partial charge in [0.25, 0.3) is 0 Å². The van der Waals surface area contributed by atoms with Gasteiger partial charge in [0, 0.05) is 36.3 Å². The third kappa shape index (κ3) is 4.11. The van der Waals surface area contributed by atoms with Crippen molar-refractivity contribution in [3.63, 3.8) is 0 Å². The SMILES string of the molecule is CCNCc1cc(C)nc(N2CCSC(CC)C2)c1. The van der Waals surface area contributed by atoms with Gasteiger partial charge in [-0.15, -0.1) is 0 Å². The van der Waals surface area contributed by atoms with E-state index in [-0.39, 0.29) is 0 Å². The van der Waals surface area contributed by atoms with Crippen molar-refractivity contribution >= 4 is 17.6 Å². The summed E-state index contributed by atoms with van der Waals surface area (Å²) in [7, 11) is 0. The maximum absolute atomic E-state index is 4.72. The van der Waals surface area contributed by atoms with Crippen LogP contribution in [0.3, 0.4) is 0 Å². The van der Waals surface area contributed by atoms with Crippen molar-refractivity contribution < 1.29 is 0 Å². The number of pyridine rings is 1. The molecule has 0 radical (unpaired) electrons. The molecule has 106 valence electrons. The predicted octanol–water partition coefficient (Wildman–Crippen LogP) is 2.83. The van der Waals surface area contributed by atoms with Gasteiger partial charge >= 0.3 is 0 Å². The summed E-state index contributed by atoms with van der Waals surface area (Å²) in [6, 6.07) is 4.43. The van der Waals surface area contributed by atoms with E-state index in [4.69, 9.17) is 4.98 Å². The minimum atomic E-state index is 0.758. The summed E-state index contributed by atoms with van der Waals surface area (Å²) in [5.74, 6) is 2.38. The molecular weight excluding hydrogens is 254 g/mol. The highest BCUT2D eigenvalue weighted by Crippen LogP contribution is 2.25. The van der Waals surface area contributed by atoms with Crippen LogP contribution >= 0.6 is 11.8 Å². The normalized spacial score (nSPS) is 19.7. The lowest BCUT2D eigenvalue weighted by Gasteiger charge is -2.33. The molecule has 0 bridgehead atoms. The van der Waals surface area contributed by atoms with Crippen molar-refractivity contribution in [1.82, 2.24) is 10.3 Å². The van der Waals surface area contributed by atoms with Crippen LogP contribution in [0, 0.1) is 6.92 Å². The zero-order valence-electron chi connectivity index (χ0n) is 12.3. The van der Waals surface area contributed by atoms with Gasteiger partial charge in [-0.25, -0.2) is 4.98 Å². The fourth-order valence-electron chi connectivity index (χ4n) is 2.43. The first-order chi connectivity index (χ1) is 9.22. The molecule has 1 aromatic heterocycles. The second-order valence-corrected chi connectivity index (χ2v) is 6.51. The van der Waals surface area contributed by atoms with Gasteiger partial charge in [0.2, 0.25) is 0 Å². The number of nitrogens with zero attached hydrogens (tertiary/aromatic N) is 2. The topological polar surface area (TPSA) is 28.2 Å². The van der Waals surface area contributed by atoms with Crippen molar-refractivity contribution in [1.29, 1.82) is 0 Å². The van der Waals surface area contributed by atoms with Crippen molar-refractivity contribution in [3.8, 4) is 0 Å². The molecule has 1 unspecified atom stereocenters. The van der Waals surface area contributed by atoms with Crippen molar-refractivity contribution in [3.05, 3.63) is 23.4 Å². The second kappa shape index (κ2) is 7.15. The third-order valence-electron chi connectivity index (χ3n) is 3.50. The fourth-order valence-corrected chi connectivity index (χ4v) is 3.61. The van der Waals surface area contributed by atoms with E-state index in [2.05, 4.69) is 54.9 Å². The standard InChI is InChI=1S/C15H25N3S/c1-4-14-11-18(6-7-19-14)15-9-13(10-16-5-2)8-12(3)17-15/h8-9,14,16H,4-7,10-11H2,1-3H3. The Morgan fingerprint density at radius 3 is 3.00 bits per heavy atom. The molecule has 4 heteroatoms. The minimum absolute atomic E-state index is 0.758. The molecule has 0 saturated carbocycles. The van der Waals surface area contributed by atoms with Crippen LogP contribution in [0.25, 0.3) is 0 Å². The lowest BCUT2D eigenvalue weighted by molar-refractivity contribution is 0.709. The Hall–Kier alpha value is -0.740. The Balaban J connectivity index is 2.11. The highest BCUT2D eigenvalue weighted by Gasteiger charge is 2.20. The van der Waals surface area contributed by atoms with Crippen LogP contribution < -0.4 is 10.2 Å². The summed E-state index contributed by atoms with van der Waals surface area (Å²) in [6.45, 7) is 10.7. The number of hydrogen-bond acceptors (Lipinski definition) is 4. The van der Waals surface area contributed by atoms with E-state index in [1.807, 2.05) is 0 Å². The molecule has 1 N–H and O–H groups in total. The van der Waals surface area contributed by atoms with Crippen LogP contribution in [0.4, 0.5) is 5.82 Å². The van der Waals surface area contributed by atoms with Gasteiger partial charge in [0.15, 0.2) is 0 Å². The van der Waals surface area contributed by atoms with Crippen LogP contribution in [0.15, 0.2) is 12.1 Å². The molecule has 1 fully saturated rings. The minimum Gasteiger partial charge on any atom is -0.355 e. The summed E-state index contributed by atoms with van der Waals surface area (Å²) < 4.78 is 0. The summed E-state index contributed by atoms with van der Waals surface area (Å²) >= 11 is 2.10. The van der Waals surface area contributed by atoms with Gasteiger partial charge in [-0.3, -0.25) is 0 Å². The number of nitrogens with one attached hydrogen (secondary N) is 1.